The van der Waals surface area contributed by atoms with E-state index in [1.54, 1.807) is 0 Å². The number of hydrogen-bond donors (Lipinski definition) is 3. The number of aromatic carboxylic acids is 1. The Balaban J connectivity index is 1.24. The predicted molar refractivity (Wildman–Crippen MR) is 152 cm³/mol. The lowest BCUT2D eigenvalue weighted by Crippen LogP contribution is -2.52. The predicted octanol–water partition coefficient (Wildman–Crippen LogP) is 4.63. The van der Waals surface area contributed by atoms with Crippen LogP contribution in [0, 0.1) is 0 Å². The van der Waals surface area contributed by atoms with E-state index in [1.807, 2.05) is 78.7 Å². The standard InChI is InChI=1S/C32H31N3O6/c1-35(18-21-9-3-2-4-10-21)19-28(30(36)33-17-22-15-16-29(41-22)31(37)38)34-32(39)40-20-27-25-13-7-5-11-23(25)24-12-6-8-14-26(24)27/h2-16,27-28H,17-20H2,1H3,(H,33,36)(H,34,39)(H,37,38). The largest absolute Gasteiger partial charge is 0.475 e. The zero-order valence-electron chi connectivity index (χ0n) is 22.6. The van der Waals surface area contributed by atoms with Crippen molar-refractivity contribution in [2.45, 2.75) is 25.0 Å². The van der Waals surface area contributed by atoms with Crippen molar-refractivity contribution in [1.82, 2.24) is 15.5 Å². The maximum absolute atomic E-state index is 13.2. The summed E-state index contributed by atoms with van der Waals surface area (Å²) < 4.78 is 10.9. The van der Waals surface area contributed by atoms with Crippen molar-refractivity contribution in [1.29, 1.82) is 0 Å². The molecule has 1 atom stereocenters. The van der Waals surface area contributed by atoms with Crippen LogP contribution < -0.4 is 10.6 Å². The van der Waals surface area contributed by atoms with Crippen LogP contribution in [0.1, 0.15) is 38.9 Å². The first kappa shape index (κ1) is 27.7. The number of alkyl carbamates (subject to hydrolysis) is 1. The number of nitrogens with one attached hydrogen (secondary N) is 2. The van der Waals surface area contributed by atoms with Gasteiger partial charge in [-0.2, -0.15) is 0 Å². The van der Waals surface area contributed by atoms with Crippen molar-refractivity contribution >= 4 is 18.0 Å². The van der Waals surface area contributed by atoms with Gasteiger partial charge in [0.05, 0.1) is 6.54 Å². The zero-order chi connectivity index (χ0) is 28.8. The van der Waals surface area contributed by atoms with Gasteiger partial charge >= 0.3 is 12.1 Å². The zero-order valence-corrected chi connectivity index (χ0v) is 22.6. The molecule has 3 aromatic carbocycles. The molecule has 0 aliphatic heterocycles. The first-order valence-corrected chi connectivity index (χ1v) is 13.3. The topological polar surface area (TPSA) is 121 Å². The maximum Gasteiger partial charge on any atom is 0.407 e. The fourth-order valence-electron chi connectivity index (χ4n) is 5.13. The number of hydrogen-bond acceptors (Lipinski definition) is 6. The average molecular weight is 554 g/mol. The number of carboxylic acids is 1. The molecule has 0 saturated carbocycles. The Kier molecular flexibility index (Phi) is 8.45. The third kappa shape index (κ3) is 6.64. The van der Waals surface area contributed by atoms with Crippen molar-refractivity contribution in [3.8, 4) is 11.1 Å². The van der Waals surface area contributed by atoms with Gasteiger partial charge in [0.2, 0.25) is 11.7 Å². The Hall–Kier alpha value is -4.89. The maximum atomic E-state index is 13.2. The number of ether oxygens (including phenoxy) is 1. The molecule has 0 fully saturated rings. The van der Waals surface area contributed by atoms with Crippen molar-refractivity contribution < 1.29 is 28.6 Å². The molecule has 3 N–H and O–H groups in total. The van der Waals surface area contributed by atoms with Crippen LogP contribution in [0.3, 0.4) is 0 Å². The van der Waals surface area contributed by atoms with Crippen molar-refractivity contribution in [3.05, 3.63) is 119 Å². The Morgan fingerprint density at radius 2 is 1.54 bits per heavy atom. The van der Waals surface area contributed by atoms with Gasteiger partial charge in [-0.05, 0) is 47.0 Å². The van der Waals surface area contributed by atoms with E-state index >= 15 is 0 Å². The molecule has 1 heterocycles. The van der Waals surface area contributed by atoms with Crippen LogP contribution in [-0.4, -0.2) is 54.2 Å². The Morgan fingerprint density at radius 1 is 0.902 bits per heavy atom. The fourth-order valence-corrected chi connectivity index (χ4v) is 5.13. The quantitative estimate of drug-likeness (QED) is 0.248. The van der Waals surface area contributed by atoms with E-state index in [-0.39, 0.29) is 37.1 Å². The van der Waals surface area contributed by atoms with Crippen LogP contribution in [0.15, 0.2) is 95.4 Å². The van der Waals surface area contributed by atoms with Crippen LogP contribution in [0.4, 0.5) is 4.79 Å². The van der Waals surface area contributed by atoms with Crippen LogP contribution in [0.2, 0.25) is 0 Å². The second-order valence-electron chi connectivity index (χ2n) is 9.99. The molecule has 5 rings (SSSR count). The van der Waals surface area contributed by atoms with Gasteiger partial charge in [0.15, 0.2) is 0 Å². The number of carbonyl (C=O) groups is 3. The van der Waals surface area contributed by atoms with Gasteiger partial charge in [0.1, 0.15) is 18.4 Å². The highest BCUT2D eigenvalue weighted by atomic mass is 16.5. The molecule has 4 aromatic rings. The lowest BCUT2D eigenvalue weighted by atomic mass is 9.98. The Labute approximate surface area is 237 Å². The summed E-state index contributed by atoms with van der Waals surface area (Å²) in [5.74, 6) is -1.69. The van der Waals surface area contributed by atoms with Gasteiger partial charge in [-0.1, -0.05) is 78.9 Å². The molecule has 41 heavy (non-hydrogen) atoms. The molecular weight excluding hydrogens is 522 g/mol. The van der Waals surface area contributed by atoms with Gasteiger partial charge in [-0.25, -0.2) is 9.59 Å². The SMILES string of the molecule is CN(Cc1ccccc1)CC(NC(=O)OCC1c2ccccc2-c2ccccc21)C(=O)NCc1ccc(C(=O)O)o1. The van der Waals surface area contributed by atoms with E-state index in [2.05, 4.69) is 22.8 Å². The Morgan fingerprint density at radius 3 is 2.17 bits per heavy atom. The highest BCUT2D eigenvalue weighted by molar-refractivity contribution is 5.86. The molecule has 210 valence electrons. The number of furan rings is 1. The van der Waals surface area contributed by atoms with Crippen molar-refractivity contribution in [2.24, 2.45) is 0 Å². The number of carboxylic acid groups (broad SMARTS) is 1. The highest BCUT2D eigenvalue weighted by Crippen LogP contribution is 2.44. The molecule has 9 nitrogen and oxygen atoms in total. The summed E-state index contributed by atoms with van der Waals surface area (Å²) in [4.78, 5) is 39.2. The van der Waals surface area contributed by atoms with E-state index in [4.69, 9.17) is 14.3 Å². The molecule has 0 bridgehead atoms. The average Bonchev–Trinajstić information content (AvgIpc) is 3.58. The van der Waals surface area contributed by atoms with Gasteiger partial charge in [0.25, 0.3) is 0 Å². The number of benzene rings is 3. The second kappa shape index (κ2) is 12.5. The molecule has 1 aliphatic carbocycles. The van der Waals surface area contributed by atoms with Gasteiger partial charge < -0.3 is 24.9 Å². The normalized spacial score (nSPS) is 12.8. The van der Waals surface area contributed by atoms with E-state index < -0.39 is 24.0 Å². The molecule has 2 amide bonds. The monoisotopic (exact) mass is 553 g/mol. The van der Waals surface area contributed by atoms with E-state index in [1.165, 1.54) is 12.1 Å². The van der Waals surface area contributed by atoms with Crippen LogP contribution in [-0.2, 0) is 22.6 Å². The molecule has 0 spiro atoms. The lowest BCUT2D eigenvalue weighted by Gasteiger charge is -2.24. The van der Waals surface area contributed by atoms with Crippen molar-refractivity contribution in [2.75, 3.05) is 20.2 Å². The summed E-state index contributed by atoms with van der Waals surface area (Å²) >= 11 is 0. The minimum absolute atomic E-state index is 0.0304. The van der Waals surface area contributed by atoms with Crippen LogP contribution in [0.25, 0.3) is 11.1 Å². The minimum Gasteiger partial charge on any atom is -0.475 e. The summed E-state index contributed by atoms with van der Waals surface area (Å²) in [6.07, 6.45) is -0.703. The number of nitrogens with zero attached hydrogens (tertiary/aromatic N) is 1. The van der Waals surface area contributed by atoms with Gasteiger partial charge in [0, 0.05) is 19.0 Å². The third-order valence-electron chi connectivity index (χ3n) is 7.05. The second-order valence-corrected chi connectivity index (χ2v) is 9.99. The molecule has 1 aromatic heterocycles. The number of fused-ring (bicyclic) bond motifs is 3. The summed E-state index contributed by atoms with van der Waals surface area (Å²) in [5, 5.41) is 14.5. The van der Waals surface area contributed by atoms with Gasteiger partial charge in [-0.3, -0.25) is 9.69 Å². The molecule has 1 unspecified atom stereocenters. The first-order chi connectivity index (χ1) is 19.9. The molecule has 1 aliphatic rings. The summed E-state index contributed by atoms with van der Waals surface area (Å²) in [6, 6.07) is 27.8. The highest BCUT2D eigenvalue weighted by Gasteiger charge is 2.30. The molecular formula is C32H31N3O6. The van der Waals surface area contributed by atoms with Crippen molar-refractivity contribution in [3.63, 3.8) is 0 Å². The van der Waals surface area contributed by atoms with E-state index in [0.717, 1.165) is 27.8 Å². The van der Waals surface area contributed by atoms with E-state index in [9.17, 15) is 14.4 Å². The van der Waals surface area contributed by atoms with E-state index in [0.29, 0.717) is 6.54 Å². The van der Waals surface area contributed by atoms with Crippen LogP contribution >= 0.6 is 0 Å². The summed E-state index contributed by atoms with van der Waals surface area (Å²) in [5.41, 5.74) is 5.50. The first-order valence-electron chi connectivity index (χ1n) is 13.3. The summed E-state index contributed by atoms with van der Waals surface area (Å²) in [7, 11) is 1.86. The Bertz CT molecular complexity index is 1490. The molecule has 0 saturated heterocycles. The molecule has 9 heteroatoms. The molecule has 0 radical (unpaired) electrons. The number of amides is 2. The summed E-state index contributed by atoms with van der Waals surface area (Å²) in [6.45, 7) is 0.871. The lowest BCUT2D eigenvalue weighted by molar-refractivity contribution is -0.123. The number of carbonyl (C=O) groups excluding carboxylic acids is 2. The smallest absolute Gasteiger partial charge is 0.407 e. The number of likely N-dealkylation sites (N-methyl/N-ethyl adjacent to an activating group) is 1. The third-order valence-corrected chi connectivity index (χ3v) is 7.05. The fraction of sp³-hybridized carbons (Fsp3) is 0.219. The van der Waals surface area contributed by atoms with Crippen LogP contribution in [0.5, 0.6) is 0 Å². The minimum atomic E-state index is -1.19. The van der Waals surface area contributed by atoms with Gasteiger partial charge in [-0.15, -0.1) is 0 Å². The number of rotatable bonds is 11.